The minimum Gasteiger partial charge on any atom is -0.508 e. The van der Waals surface area contributed by atoms with Crippen LogP contribution in [0.4, 0.5) is 0 Å². The molecule has 21 heavy (non-hydrogen) atoms. The van der Waals surface area contributed by atoms with E-state index in [1.807, 2.05) is 0 Å². The molecule has 7 nitrogen and oxygen atoms in total. The molecule has 1 aliphatic rings. The number of benzene rings is 1. The second-order valence-corrected chi connectivity index (χ2v) is 5.33. The summed E-state index contributed by atoms with van der Waals surface area (Å²) >= 11 is 0. The van der Waals surface area contributed by atoms with Gasteiger partial charge in [0.2, 0.25) is 0 Å². The van der Waals surface area contributed by atoms with Crippen LogP contribution in [-0.4, -0.2) is 56.7 Å². The quantitative estimate of drug-likeness (QED) is 0.412. The number of aliphatic hydroxyl groups excluding tert-OH is 4. The summed E-state index contributed by atoms with van der Waals surface area (Å²) in [4.78, 5) is 0. The first-order valence-corrected chi connectivity index (χ1v) is 6.79. The maximum absolute atomic E-state index is 10.1. The van der Waals surface area contributed by atoms with E-state index in [2.05, 4.69) is 0 Å². The Labute approximate surface area is 122 Å². The average Bonchev–Trinajstić information content (AvgIpc) is 2.47. The lowest BCUT2D eigenvalue weighted by Gasteiger charge is -2.41. The lowest BCUT2D eigenvalue weighted by atomic mass is 9.85. The Morgan fingerprint density at radius 3 is 2.29 bits per heavy atom. The summed E-state index contributed by atoms with van der Waals surface area (Å²) in [7, 11) is 0. The van der Waals surface area contributed by atoms with Crippen molar-refractivity contribution < 1.29 is 30.3 Å². The fraction of sp³-hybridized carbons (Fsp3) is 0.571. The zero-order valence-electron chi connectivity index (χ0n) is 11.4. The largest absolute Gasteiger partial charge is 0.508 e. The first kappa shape index (κ1) is 16.2. The monoisotopic (exact) mass is 299 g/mol. The summed E-state index contributed by atoms with van der Waals surface area (Å²) in [5.74, 6) is -0.653. The lowest BCUT2D eigenvalue weighted by Crippen LogP contribution is -2.56. The summed E-state index contributed by atoms with van der Waals surface area (Å²) in [5, 5.41) is 48.0. The molecule has 2 rings (SSSR count). The third kappa shape index (κ3) is 3.52. The van der Waals surface area contributed by atoms with Crippen LogP contribution >= 0.6 is 0 Å². The molecule has 1 aliphatic heterocycles. The second kappa shape index (κ2) is 6.69. The van der Waals surface area contributed by atoms with E-state index < -0.39 is 43.2 Å². The lowest BCUT2D eigenvalue weighted by molar-refractivity contribution is -0.271. The first-order chi connectivity index (χ1) is 9.93. The zero-order valence-corrected chi connectivity index (χ0v) is 11.4. The molecule has 2 unspecified atom stereocenters. The van der Waals surface area contributed by atoms with E-state index in [4.69, 9.17) is 15.6 Å². The minimum absolute atomic E-state index is 0.119. The van der Waals surface area contributed by atoms with E-state index in [9.17, 15) is 20.4 Å². The summed E-state index contributed by atoms with van der Waals surface area (Å²) in [6.45, 7) is -0.494. The van der Waals surface area contributed by atoms with Crippen molar-refractivity contribution in [2.45, 2.75) is 37.1 Å². The third-order valence-corrected chi connectivity index (χ3v) is 3.88. The summed E-state index contributed by atoms with van der Waals surface area (Å²) in [6.07, 6.45) is -4.67. The van der Waals surface area contributed by atoms with Crippen LogP contribution in [0.15, 0.2) is 24.3 Å². The molecule has 1 saturated heterocycles. The van der Waals surface area contributed by atoms with Crippen molar-refractivity contribution in [3.05, 3.63) is 29.8 Å². The van der Waals surface area contributed by atoms with Crippen LogP contribution in [0.3, 0.4) is 0 Å². The Morgan fingerprint density at radius 1 is 1.10 bits per heavy atom. The van der Waals surface area contributed by atoms with Crippen LogP contribution in [0, 0.1) is 5.92 Å². The highest BCUT2D eigenvalue weighted by Gasteiger charge is 2.43. The van der Waals surface area contributed by atoms with Gasteiger partial charge < -0.3 is 36.0 Å². The number of nitrogens with two attached hydrogens (primary N) is 1. The van der Waals surface area contributed by atoms with Crippen LogP contribution < -0.4 is 5.73 Å². The number of hydrogen-bond acceptors (Lipinski definition) is 7. The average molecular weight is 299 g/mol. The Morgan fingerprint density at radius 2 is 1.71 bits per heavy atom. The highest BCUT2D eigenvalue weighted by atomic mass is 16.6. The van der Waals surface area contributed by atoms with E-state index in [0.29, 0.717) is 0 Å². The van der Waals surface area contributed by atoms with Gasteiger partial charge in [0.15, 0.2) is 6.29 Å². The molecule has 0 radical (unpaired) electrons. The third-order valence-electron chi connectivity index (χ3n) is 3.88. The Balaban J connectivity index is 2.05. The van der Waals surface area contributed by atoms with Crippen LogP contribution in [-0.2, 0) is 4.74 Å². The minimum atomic E-state index is -1.32. The molecule has 118 valence electrons. The van der Waals surface area contributed by atoms with E-state index >= 15 is 0 Å². The topological polar surface area (TPSA) is 136 Å². The van der Waals surface area contributed by atoms with Crippen molar-refractivity contribution in [3.8, 4) is 5.75 Å². The van der Waals surface area contributed by atoms with Crippen molar-refractivity contribution in [2.75, 3.05) is 6.61 Å². The molecule has 1 heterocycles. The molecule has 0 aliphatic carbocycles. The van der Waals surface area contributed by atoms with E-state index in [1.54, 1.807) is 12.1 Å². The predicted molar refractivity (Wildman–Crippen MR) is 73.1 cm³/mol. The molecule has 1 aromatic rings. The molecule has 6 atom stereocenters. The molecule has 0 saturated carbocycles. The highest BCUT2D eigenvalue weighted by molar-refractivity contribution is 5.27. The van der Waals surface area contributed by atoms with Gasteiger partial charge in [-0.15, -0.1) is 0 Å². The normalized spacial score (nSPS) is 34.6. The number of rotatable bonds is 4. The summed E-state index contributed by atoms with van der Waals surface area (Å²) < 4.78 is 5.09. The first-order valence-electron chi connectivity index (χ1n) is 6.79. The van der Waals surface area contributed by atoms with Crippen LogP contribution in [0.2, 0.25) is 0 Å². The molecule has 0 bridgehead atoms. The van der Waals surface area contributed by atoms with E-state index in [1.165, 1.54) is 12.1 Å². The highest BCUT2D eigenvalue weighted by Crippen LogP contribution is 2.31. The molecular weight excluding hydrogens is 278 g/mol. The number of aromatic hydroxyl groups is 1. The second-order valence-electron chi connectivity index (χ2n) is 5.33. The fourth-order valence-corrected chi connectivity index (χ4v) is 2.56. The van der Waals surface area contributed by atoms with Crippen LogP contribution in [0.1, 0.15) is 18.0 Å². The SMILES string of the molecule is NC(C[C@@H]1C(O)O[C@H](CO)[C@@H](O)[C@@H]1O)c1ccc(O)cc1. The Kier molecular flexibility index (Phi) is 5.15. The number of ether oxygens (including phenoxy) is 1. The maximum Gasteiger partial charge on any atom is 0.160 e. The Bertz CT molecular complexity index is 453. The molecule has 7 heteroatoms. The van der Waals surface area contributed by atoms with Crippen LogP contribution in [0.25, 0.3) is 0 Å². The van der Waals surface area contributed by atoms with E-state index in [-0.39, 0.29) is 12.2 Å². The van der Waals surface area contributed by atoms with E-state index in [0.717, 1.165) is 5.56 Å². The van der Waals surface area contributed by atoms with Gasteiger partial charge in [-0.1, -0.05) is 12.1 Å². The van der Waals surface area contributed by atoms with Gasteiger partial charge in [0.05, 0.1) is 12.7 Å². The predicted octanol–water partition coefficient (Wildman–Crippen LogP) is -1.17. The molecule has 1 aromatic carbocycles. The molecule has 0 spiro atoms. The fourth-order valence-electron chi connectivity index (χ4n) is 2.56. The summed E-state index contributed by atoms with van der Waals surface area (Å²) in [5.41, 5.74) is 6.75. The van der Waals surface area contributed by atoms with Gasteiger partial charge >= 0.3 is 0 Å². The van der Waals surface area contributed by atoms with Gasteiger partial charge in [0.25, 0.3) is 0 Å². The number of hydrogen-bond donors (Lipinski definition) is 6. The Hall–Kier alpha value is -1.22. The van der Waals surface area contributed by atoms with Gasteiger partial charge in [0.1, 0.15) is 18.0 Å². The molecule has 1 fully saturated rings. The van der Waals surface area contributed by atoms with Crippen molar-refractivity contribution in [1.82, 2.24) is 0 Å². The van der Waals surface area contributed by atoms with Crippen LogP contribution in [0.5, 0.6) is 5.75 Å². The van der Waals surface area contributed by atoms with Crippen molar-refractivity contribution in [2.24, 2.45) is 11.7 Å². The van der Waals surface area contributed by atoms with Crippen molar-refractivity contribution in [3.63, 3.8) is 0 Å². The number of aliphatic hydroxyl groups is 4. The molecular formula is C14H21NO6. The number of phenols is 1. The molecule has 0 amide bonds. The van der Waals surface area contributed by atoms with Gasteiger partial charge in [-0.25, -0.2) is 0 Å². The summed E-state index contributed by atoms with van der Waals surface area (Å²) in [6, 6.07) is 5.79. The molecule has 0 aromatic heterocycles. The van der Waals surface area contributed by atoms with Gasteiger partial charge in [-0.3, -0.25) is 0 Å². The van der Waals surface area contributed by atoms with Crippen molar-refractivity contribution in [1.29, 1.82) is 0 Å². The van der Waals surface area contributed by atoms with Gasteiger partial charge in [-0.05, 0) is 24.1 Å². The van der Waals surface area contributed by atoms with Gasteiger partial charge in [0, 0.05) is 12.0 Å². The van der Waals surface area contributed by atoms with Gasteiger partial charge in [-0.2, -0.15) is 0 Å². The standard InChI is InChI=1S/C14H21NO6/c15-10(7-1-3-8(17)4-2-7)5-9-12(18)13(19)11(6-16)21-14(9)20/h1-4,9-14,16-20H,5-6,15H2/t9-,10?,11+,12+,13+,14?/m0/s1. The molecule has 7 N–H and O–H groups in total. The zero-order chi connectivity index (χ0) is 15.6. The van der Waals surface area contributed by atoms with Crippen molar-refractivity contribution >= 4 is 0 Å². The smallest absolute Gasteiger partial charge is 0.160 e. The maximum atomic E-state index is 10.1. The number of phenolic OH excluding ortho intramolecular Hbond substituents is 1.